The fourth-order valence-corrected chi connectivity index (χ4v) is 1.44. The van der Waals surface area contributed by atoms with Crippen molar-refractivity contribution in [3.05, 3.63) is 30.1 Å². The number of hydrogen-bond donors (Lipinski definition) is 0. The van der Waals surface area contributed by atoms with Crippen molar-refractivity contribution < 1.29 is 9.36 Å². The number of pyridine rings is 1. The number of Topliss-reactive ketones (excluding diaryl/α,β-unsaturated/α-hetero) is 1. The first-order valence-corrected chi connectivity index (χ1v) is 5.68. The molecule has 1 aromatic rings. The maximum absolute atomic E-state index is 11.7. The van der Waals surface area contributed by atoms with Gasteiger partial charge in [0, 0.05) is 30.0 Å². The van der Waals surface area contributed by atoms with Gasteiger partial charge < -0.3 is 0 Å². The third-order valence-electron chi connectivity index (χ3n) is 2.47. The lowest BCUT2D eigenvalue weighted by Gasteiger charge is -2.02. The fourth-order valence-electron chi connectivity index (χ4n) is 1.44. The molecule has 0 atom stereocenters. The Balaban J connectivity index is 2.68. The molecular weight excluding hydrogens is 186 g/mol. The Hall–Kier alpha value is -1.18. The predicted molar refractivity (Wildman–Crippen MR) is 60.7 cm³/mol. The van der Waals surface area contributed by atoms with Crippen molar-refractivity contribution in [2.24, 2.45) is 5.92 Å². The Labute approximate surface area is 91.9 Å². The van der Waals surface area contributed by atoms with Gasteiger partial charge >= 0.3 is 0 Å². The van der Waals surface area contributed by atoms with E-state index in [1.54, 1.807) is 0 Å². The van der Waals surface area contributed by atoms with Crippen molar-refractivity contribution in [2.75, 3.05) is 0 Å². The highest BCUT2D eigenvalue weighted by molar-refractivity contribution is 5.97. The molecule has 15 heavy (non-hydrogen) atoms. The molecule has 0 aliphatic heterocycles. The van der Waals surface area contributed by atoms with Crippen molar-refractivity contribution in [1.82, 2.24) is 0 Å². The van der Waals surface area contributed by atoms with E-state index in [2.05, 4.69) is 11.5 Å². The van der Waals surface area contributed by atoms with E-state index in [1.165, 1.54) is 12.8 Å². The number of aromatic nitrogens is 1. The summed E-state index contributed by atoms with van der Waals surface area (Å²) in [6.07, 6.45) is 6.36. The van der Waals surface area contributed by atoms with Crippen LogP contribution < -0.4 is 4.57 Å². The minimum absolute atomic E-state index is 0.0801. The van der Waals surface area contributed by atoms with E-state index < -0.39 is 0 Å². The summed E-state index contributed by atoms with van der Waals surface area (Å²) in [4.78, 5) is 11.7. The van der Waals surface area contributed by atoms with Crippen LogP contribution in [-0.2, 0) is 6.54 Å². The van der Waals surface area contributed by atoms with Crippen molar-refractivity contribution in [2.45, 2.75) is 40.2 Å². The van der Waals surface area contributed by atoms with Gasteiger partial charge in [0.15, 0.2) is 18.2 Å². The summed E-state index contributed by atoms with van der Waals surface area (Å²) in [5.74, 6) is 0.300. The molecule has 0 unspecified atom stereocenters. The molecule has 0 aliphatic carbocycles. The summed E-state index contributed by atoms with van der Waals surface area (Å²) in [6, 6.07) is 3.83. The molecule has 2 heteroatoms. The van der Waals surface area contributed by atoms with Gasteiger partial charge in [-0.25, -0.2) is 4.57 Å². The molecule has 0 N–H and O–H groups in total. The minimum atomic E-state index is 0.0801. The molecule has 1 rings (SSSR count). The normalized spacial score (nSPS) is 10.7. The molecule has 0 amide bonds. The number of aryl methyl sites for hydroxylation is 1. The molecule has 0 aromatic carbocycles. The number of nitrogens with zero attached hydrogens (tertiary/aromatic N) is 1. The third kappa shape index (κ3) is 3.46. The smallest absolute Gasteiger partial charge is 0.169 e. The van der Waals surface area contributed by atoms with Crippen LogP contribution in [0.2, 0.25) is 0 Å². The average molecular weight is 206 g/mol. The van der Waals surface area contributed by atoms with E-state index in [0.29, 0.717) is 0 Å². The van der Waals surface area contributed by atoms with Crippen LogP contribution in [-0.4, -0.2) is 5.78 Å². The monoisotopic (exact) mass is 206 g/mol. The molecule has 0 radical (unpaired) electrons. The first-order chi connectivity index (χ1) is 7.15. The quantitative estimate of drug-likeness (QED) is 0.536. The number of carbonyl (C=O) groups excluding carboxylic acids is 1. The van der Waals surface area contributed by atoms with Crippen LogP contribution in [0.5, 0.6) is 0 Å². The highest BCUT2D eigenvalue weighted by atomic mass is 16.1. The first-order valence-electron chi connectivity index (χ1n) is 5.68. The lowest BCUT2D eigenvalue weighted by molar-refractivity contribution is -0.697. The number of unbranched alkanes of at least 4 members (excludes halogenated alkanes) is 1. The average Bonchev–Trinajstić information content (AvgIpc) is 2.26. The summed E-state index contributed by atoms with van der Waals surface area (Å²) in [5, 5.41) is 0. The van der Waals surface area contributed by atoms with Crippen molar-refractivity contribution in [3.8, 4) is 0 Å². The standard InChI is InChI=1S/C13H20NO/c1-4-5-8-14-9-6-12(7-10-14)13(15)11(2)3/h6-7,9-11H,4-5,8H2,1-3H3/q+1. The lowest BCUT2D eigenvalue weighted by Crippen LogP contribution is -2.32. The van der Waals surface area contributed by atoms with Crippen LogP contribution in [0.4, 0.5) is 0 Å². The SMILES string of the molecule is CCCC[n+]1ccc(C(=O)C(C)C)cc1. The van der Waals surface area contributed by atoms with Crippen LogP contribution in [0.3, 0.4) is 0 Å². The Morgan fingerprint density at radius 3 is 2.40 bits per heavy atom. The zero-order valence-electron chi connectivity index (χ0n) is 9.86. The zero-order chi connectivity index (χ0) is 11.3. The maximum atomic E-state index is 11.7. The number of ketones is 1. The Kier molecular flexibility index (Phi) is 4.47. The largest absolute Gasteiger partial charge is 0.294 e. The number of carbonyl (C=O) groups is 1. The van der Waals surface area contributed by atoms with Crippen LogP contribution in [0.1, 0.15) is 44.0 Å². The van der Waals surface area contributed by atoms with Crippen LogP contribution in [0.25, 0.3) is 0 Å². The molecule has 0 saturated carbocycles. The second-order valence-corrected chi connectivity index (χ2v) is 4.20. The van der Waals surface area contributed by atoms with E-state index in [-0.39, 0.29) is 11.7 Å². The van der Waals surface area contributed by atoms with Gasteiger partial charge in [0.05, 0.1) is 0 Å². The van der Waals surface area contributed by atoms with Crippen LogP contribution in [0.15, 0.2) is 24.5 Å². The Morgan fingerprint density at radius 2 is 1.93 bits per heavy atom. The summed E-state index contributed by atoms with van der Waals surface area (Å²) < 4.78 is 2.13. The summed E-state index contributed by atoms with van der Waals surface area (Å²) in [7, 11) is 0. The van der Waals surface area contributed by atoms with Gasteiger partial charge in [-0.3, -0.25) is 4.79 Å². The highest BCUT2D eigenvalue weighted by Gasteiger charge is 2.11. The fraction of sp³-hybridized carbons (Fsp3) is 0.538. The van der Waals surface area contributed by atoms with Crippen LogP contribution in [0, 0.1) is 5.92 Å². The molecule has 1 heterocycles. The van der Waals surface area contributed by atoms with E-state index in [9.17, 15) is 4.79 Å². The van der Waals surface area contributed by atoms with E-state index in [0.717, 1.165) is 12.1 Å². The van der Waals surface area contributed by atoms with Gasteiger partial charge in [-0.15, -0.1) is 0 Å². The van der Waals surface area contributed by atoms with Crippen LogP contribution >= 0.6 is 0 Å². The minimum Gasteiger partial charge on any atom is -0.294 e. The molecule has 2 nitrogen and oxygen atoms in total. The number of hydrogen-bond acceptors (Lipinski definition) is 1. The topological polar surface area (TPSA) is 20.9 Å². The molecule has 0 bridgehead atoms. The first kappa shape index (κ1) is 11.9. The summed E-state index contributed by atoms with van der Waals surface area (Å²) in [5.41, 5.74) is 0.817. The molecule has 82 valence electrons. The molecule has 1 aromatic heterocycles. The lowest BCUT2D eigenvalue weighted by atomic mass is 10.0. The van der Waals surface area contributed by atoms with E-state index in [1.807, 2.05) is 38.4 Å². The molecule has 0 fully saturated rings. The van der Waals surface area contributed by atoms with Gasteiger partial charge in [-0.2, -0.15) is 0 Å². The second kappa shape index (κ2) is 5.64. The maximum Gasteiger partial charge on any atom is 0.169 e. The van der Waals surface area contributed by atoms with Gasteiger partial charge in [0.2, 0.25) is 0 Å². The molecule has 0 aliphatic rings. The van der Waals surface area contributed by atoms with E-state index in [4.69, 9.17) is 0 Å². The highest BCUT2D eigenvalue weighted by Crippen LogP contribution is 2.05. The molecule has 0 spiro atoms. The van der Waals surface area contributed by atoms with Gasteiger partial charge in [-0.05, 0) is 0 Å². The van der Waals surface area contributed by atoms with Crippen molar-refractivity contribution >= 4 is 5.78 Å². The van der Waals surface area contributed by atoms with Gasteiger partial charge in [0.25, 0.3) is 0 Å². The Bertz CT molecular complexity index is 314. The second-order valence-electron chi connectivity index (χ2n) is 4.20. The predicted octanol–water partition coefficient (Wildman–Crippen LogP) is 2.61. The van der Waals surface area contributed by atoms with Crippen molar-refractivity contribution in [3.63, 3.8) is 0 Å². The molecule has 0 saturated heterocycles. The van der Waals surface area contributed by atoms with Crippen molar-refractivity contribution in [1.29, 1.82) is 0 Å². The molecular formula is C13H20NO+. The number of rotatable bonds is 5. The summed E-state index contributed by atoms with van der Waals surface area (Å²) in [6.45, 7) is 7.07. The van der Waals surface area contributed by atoms with Gasteiger partial charge in [-0.1, -0.05) is 27.2 Å². The van der Waals surface area contributed by atoms with Gasteiger partial charge in [0.1, 0.15) is 6.54 Å². The third-order valence-corrected chi connectivity index (χ3v) is 2.47. The zero-order valence-corrected chi connectivity index (χ0v) is 9.86. The summed E-state index contributed by atoms with van der Waals surface area (Å²) >= 11 is 0. The Morgan fingerprint density at radius 1 is 1.33 bits per heavy atom. The van der Waals surface area contributed by atoms with E-state index >= 15 is 0 Å².